The minimum absolute atomic E-state index is 0.0111. The molecule has 1 rings (SSSR count). The van der Waals surface area contributed by atoms with E-state index in [1.807, 2.05) is 18.7 Å². The molecule has 0 spiro atoms. The van der Waals surface area contributed by atoms with E-state index in [1.54, 1.807) is 0 Å². The van der Waals surface area contributed by atoms with Gasteiger partial charge < -0.3 is 10.4 Å². The maximum absolute atomic E-state index is 12.9. The van der Waals surface area contributed by atoms with E-state index in [-0.39, 0.29) is 30.1 Å². The van der Waals surface area contributed by atoms with Crippen molar-refractivity contribution in [3.8, 4) is 0 Å². The first kappa shape index (κ1) is 15.9. The number of benzene rings is 1. The first-order chi connectivity index (χ1) is 8.93. The van der Waals surface area contributed by atoms with Crippen LogP contribution in [0.5, 0.6) is 0 Å². The zero-order valence-corrected chi connectivity index (χ0v) is 11.7. The molecule has 0 aliphatic rings. The van der Waals surface area contributed by atoms with Crippen molar-refractivity contribution in [2.75, 3.05) is 25.0 Å². The molecule has 4 nitrogen and oxygen atoms in total. The molecule has 0 fully saturated rings. The Morgan fingerprint density at radius 1 is 1.53 bits per heavy atom. The number of carbonyl (C=O) groups excluding carboxylic acids is 1. The van der Waals surface area contributed by atoms with Crippen molar-refractivity contribution in [2.45, 2.75) is 19.9 Å². The third-order valence-electron chi connectivity index (χ3n) is 2.67. The average molecular weight is 289 g/mol. The summed E-state index contributed by atoms with van der Waals surface area (Å²) in [6.45, 7) is 4.43. The van der Waals surface area contributed by atoms with Gasteiger partial charge in [-0.25, -0.2) is 4.39 Å². The molecule has 0 aromatic heterocycles. The van der Waals surface area contributed by atoms with E-state index in [1.165, 1.54) is 12.1 Å². The Morgan fingerprint density at radius 2 is 2.21 bits per heavy atom. The van der Waals surface area contributed by atoms with Gasteiger partial charge in [-0.2, -0.15) is 0 Å². The van der Waals surface area contributed by atoms with Gasteiger partial charge in [0.1, 0.15) is 5.82 Å². The topological polar surface area (TPSA) is 52.6 Å². The van der Waals surface area contributed by atoms with Gasteiger partial charge in [0.25, 0.3) is 0 Å². The molecule has 0 saturated heterocycles. The molecule has 6 heteroatoms. The van der Waals surface area contributed by atoms with E-state index < -0.39 is 5.82 Å². The number of nitrogens with one attached hydrogen (secondary N) is 1. The number of carbonyl (C=O) groups is 1. The largest absolute Gasteiger partial charge is 0.395 e. The quantitative estimate of drug-likeness (QED) is 0.843. The van der Waals surface area contributed by atoms with E-state index in [0.29, 0.717) is 12.2 Å². The van der Waals surface area contributed by atoms with E-state index in [0.717, 1.165) is 6.07 Å². The van der Waals surface area contributed by atoms with Crippen LogP contribution < -0.4 is 5.32 Å². The van der Waals surface area contributed by atoms with Gasteiger partial charge in [-0.3, -0.25) is 9.69 Å². The van der Waals surface area contributed by atoms with Crippen LogP contribution in [0.25, 0.3) is 0 Å². The van der Waals surface area contributed by atoms with Gasteiger partial charge in [0.15, 0.2) is 0 Å². The molecule has 0 bridgehead atoms. The van der Waals surface area contributed by atoms with Crippen LogP contribution in [0.2, 0.25) is 5.02 Å². The van der Waals surface area contributed by atoms with Crippen LogP contribution in [-0.4, -0.2) is 41.7 Å². The van der Waals surface area contributed by atoms with Crippen LogP contribution in [0, 0.1) is 5.82 Å². The first-order valence-electron chi connectivity index (χ1n) is 6.04. The minimum atomic E-state index is -0.452. The first-order valence-corrected chi connectivity index (χ1v) is 6.41. The van der Waals surface area contributed by atoms with Crippen LogP contribution in [0.4, 0.5) is 10.1 Å². The average Bonchev–Trinajstić information content (AvgIpc) is 2.32. The van der Waals surface area contributed by atoms with Gasteiger partial charge in [0, 0.05) is 12.6 Å². The van der Waals surface area contributed by atoms with Crippen molar-refractivity contribution in [2.24, 2.45) is 0 Å². The van der Waals surface area contributed by atoms with Gasteiger partial charge in [-0.1, -0.05) is 11.6 Å². The van der Waals surface area contributed by atoms with Gasteiger partial charge in [-0.15, -0.1) is 0 Å². The van der Waals surface area contributed by atoms with Crippen molar-refractivity contribution in [1.82, 2.24) is 4.90 Å². The normalized spacial score (nSPS) is 11.1. The summed E-state index contributed by atoms with van der Waals surface area (Å²) in [6.07, 6.45) is 0. The number of anilines is 1. The van der Waals surface area contributed by atoms with Crippen LogP contribution in [0.1, 0.15) is 13.8 Å². The summed E-state index contributed by atoms with van der Waals surface area (Å²) in [5.41, 5.74) is 0.376. The fourth-order valence-electron chi connectivity index (χ4n) is 1.61. The summed E-state index contributed by atoms with van der Waals surface area (Å²) in [5.74, 6) is -0.706. The summed E-state index contributed by atoms with van der Waals surface area (Å²) in [7, 11) is 0. The summed E-state index contributed by atoms with van der Waals surface area (Å²) >= 11 is 5.83. The highest BCUT2D eigenvalue weighted by Gasteiger charge is 2.14. The predicted octanol–water partition coefficient (Wildman–Crippen LogP) is 2.12. The second-order valence-corrected chi connectivity index (χ2v) is 4.87. The van der Waals surface area contributed by atoms with Crippen molar-refractivity contribution >= 4 is 23.2 Å². The van der Waals surface area contributed by atoms with E-state index >= 15 is 0 Å². The monoisotopic (exact) mass is 288 g/mol. The molecule has 0 aliphatic carbocycles. The maximum Gasteiger partial charge on any atom is 0.238 e. The number of nitrogens with zero attached hydrogens (tertiary/aromatic N) is 1. The van der Waals surface area contributed by atoms with Gasteiger partial charge >= 0.3 is 0 Å². The Balaban J connectivity index is 2.63. The lowest BCUT2D eigenvalue weighted by molar-refractivity contribution is -0.117. The number of rotatable bonds is 6. The number of aliphatic hydroxyl groups is 1. The molecule has 0 saturated carbocycles. The minimum Gasteiger partial charge on any atom is -0.395 e. The standard InChI is InChI=1S/C13H18ClFN2O2/c1-9(2)17(5-6-18)8-13(19)16-12-4-3-10(15)7-11(12)14/h3-4,7,9,18H,5-6,8H2,1-2H3,(H,16,19). The van der Waals surface area contributed by atoms with Crippen molar-refractivity contribution in [3.63, 3.8) is 0 Å². The van der Waals surface area contributed by atoms with Crippen LogP contribution >= 0.6 is 11.6 Å². The molecule has 0 atom stereocenters. The Bertz CT molecular complexity index is 441. The Morgan fingerprint density at radius 3 is 2.74 bits per heavy atom. The molecular weight excluding hydrogens is 271 g/mol. The smallest absolute Gasteiger partial charge is 0.238 e. The van der Waals surface area contributed by atoms with Crippen molar-refractivity contribution in [1.29, 1.82) is 0 Å². The Labute approximate surface area is 117 Å². The van der Waals surface area contributed by atoms with Crippen LogP contribution in [0.15, 0.2) is 18.2 Å². The number of aliphatic hydroxyl groups excluding tert-OH is 1. The van der Waals surface area contributed by atoms with Crippen molar-refractivity contribution in [3.05, 3.63) is 29.0 Å². The molecule has 19 heavy (non-hydrogen) atoms. The lowest BCUT2D eigenvalue weighted by Gasteiger charge is -2.24. The second kappa shape index (κ2) is 7.43. The van der Waals surface area contributed by atoms with E-state index in [2.05, 4.69) is 5.32 Å². The highest BCUT2D eigenvalue weighted by Crippen LogP contribution is 2.22. The molecule has 1 amide bonds. The third-order valence-corrected chi connectivity index (χ3v) is 2.98. The zero-order valence-electron chi connectivity index (χ0n) is 11.0. The van der Waals surface area contributed by atoms with Gasteiger partial charge in [-0.05, 0) is 32.0 Å². The second-order valence-electron chi connectivity index (χ2n) is 4.46. The molecule has 2 N–H and O–H groups in total. The van der Waals surface area contributed by atoms with Crippen LogP contribution in [0.3, 0.4) is 0 Å². The van der Waals surface area contributed by atoms with Crippen LogP contribution in [-0.2, 0) is 4.79 Å². The SMILES string of the molecule is CC(C)N(CCO)CC(=O)Nc1ccc(F)cc1Cl. The fraction of sp³-hybridized carbons (Fsp3) is 0.462. The Hall–Kier alpha value is -1.17. The molecule has 1 aromatic carbocycles. The third kappa shape index (κ3) is 5.14. The summed E-state index contributed by atoms with van der Waals surface area (Å²) in [5, 5.41) is 11.7. The lowest BCUT2D eigenvalue weighted by Crippen LogP contribution is -2.39. The number of halogens is 2. The fourth-order valence-corrected chi connectivity index (χ4v) is 1.83. The molecule has 0 unspecified atom stereocenters. The lowest BCUT2D eigenvalue weighted by atomic mass is 10.3. The summed E-state index contributed by atoms with van der Waals surface area (Å²) in [6, 6.07) is 3.93. The Kier molecular flexibility index (Phi) is 6.21. The molecular formula is C13H18ClFN2O2. The van der Waals surface area contributed by atoms with Crippen molar-refractivity contribution < 1.29 is 14.3 Å². The molecule has 0 heterocycles. The molecule has 106 valence electrons. The summed E-state index contributed by atoms with van der Waals surface area (Å²) in [4.78, 5) is 13.7. The van der Waals surface area contributed by atoms with E-state index in [9.17, 15) is 9.18 Å². The number of hydrogen-bond donors (Lipinski definition) is 2. The van der Waals surface area contributed by atoms with E-state index in [4.69, 9.17) is 16.7 Å². The number of hydrogen-bond acceptors (Lipinski definition) is 3. The van der Waals surface area contributed by atoms with Gasteiger partial charge in [0.05, 0.1) is 23.9 Å². The molecule has 0 aliphatic heterocycles. The van der Waals surface area contributed by atoms with Gasteiger partial charge in [0.2, 0.25) is 5.91 Å². The molecule has 1 aromatic rings. The highest BCUT2D eigenvalue weighted by molar-refractivity contribution is 6.33. The number of amides is 1. The zero-order chi connectivity index (χ0) is 14.4. The summed E-state index contributed by atoms with van der Waals surface area (Å²) < 4.78 is 12.9. The maximum atomic E-state index is 12.9. The predicted molar refractivity (Wildman–Crippen MR) is 73.8 cm³/mol. The molecule has 0 radical (unpaired) electrons. The highest BCUT2D eigenvalue weighted by atomic mass is 35.5.